The lowest BCUT2D eigenvalue weighted by Gasteiger charge is -2.27. The van der Waals surface area contributed by atoms with Gasteiger partial charge in [0.25, 0.3) is 5.91 Å². The normalized spacial score (nSPS) is 13.0. The van der Waals surface area contributed by atoms with Gasteiger partial charge in [-0.05, 0) is 24.6 Å². The maximum absolute atomic E-state index is 13.0. The molecule has 0 unspecified atom stereocenters. The zero-order valence-corrected chi connectivity index (χ0v) is 17.2. The van der Waals surface area contributed by atoms with Gasteiger partial charge in [0.05, 0.1) is 20.6 Å². The number of hydrogen-bond acceptors (Lipinski definition) is 5. The van der Waals surface area contributed by atoms with Crippen molar-refractivity contribution in [2.75, 3.05) is 27.3 Å². The van der Waals surface area contributed by atoms with Crippen LogP contribution in [0.15, 0.2) is 18.2 Å². The third-order valence-electron chi connectivity index (χ3n) is 5.15. The molecule has 0 atom stereocenters. The second-order valence-electron chi connectivity index (χ2n) is 7.06. The van der Waals surface area contributed by atoms with Gasteiger partial charge in [0.15, 0.2) is 5.69 Å². The van der Waals surface area contributed by atoms with Crippen molar-refractivity contribution in [3.8, 4) is 11.5 Å². The van der Waals surface area contributed by atoms with Crippen molar-refractivity contribution in [2.24, 2.45) is 0 Å². The topological polar surface area (TPSA) is 96.6 Å². The van der Waals surface area contributed by atoms with Crippen LogP contribution in [-0.4, -0.2) is 54.2 Å². The van der Waals surface area contributed by atoms with Crippen LogP contribution in [-0.2, 0) is 24.2 Å². The number of nitrogens with one attached hydrogen (secondary N) is 2. The number of rotatable bonds is 8. The molecule has 156 valence electrons. The highest BCUT2D eigenvalue weighted by Gasteiger charge is 2.28. The van der Waals surface area contributed by atoms with Crippen molar-refractivity contribution in [3.05, 3.63) is 40.7 Å². The fourth-order valence-electron chi connectivity index (χ4n) is 3.45. The van der Waals surface area contributed by atoms with Crippen LogP contribution in [0.25, 0.3) is 0 Å². The number of hydrogen-bond donors (Lipinski definition) is 2. The van der Waals surface area contributed by atoms with Gasteiger partial charge in [0.1, 0.15) is 11.5 Å². The second kappa shape index (κ2) is 9.45. The highest BCUT2D eigenvalue weighted by molar-refractivity contribution is 5.94. The Morgan fingerprint density at radius 3 is 2.83 bits per heavy atom. The zero-order chi connectivity index (χ0) is 20.8. The number of nitrogens with zero attached hydrogens (tertiary/aromatic N) is 2. The summed E-state index contributed by atoms with van der Waals surface area (Å²) in [5.41, 5.74) is 2.88. The molecule has 1 aromatic heterocycles. The van der Waals surface area contributed by atoms with Crippen LogP contribution in [0.1, 0.15) is 47.1 Å². The van der Waals surface area contributed by atoms with E-state index in [1.807, 2.05) is 6.07 Å². The number of aromatic amines is 1. The minimum Gasteiger partial charge on any atom is -0.497 e. The number of carbonyl (C=O) groups is 2. The largest absolute Gasteiger partial charge is 0.497 e. The Balaban J connectivity index is 1.71. The number of amides is 2. The first-order valence-corrected chi connectivity index (χ1v) is 9.90. The molecule has 1 aliphatic heterocycles. The first kappa shape index (κ1) is 20.7. The van der Waals surface area contributed by atoms with Gasteiger partial charge in [0.2, 0.25) is 5.91 Å². The first-order chi connectivity index (χ1) is 14.1. The Kier molecular flexibility index (Phi) is 6.74. The zero-order valence-electron chi connectivity index (χ0n) is 17.2. The van der Waals surface area contributed by atoms with Crippen LogP contribution in [0.3, 0.4) is 0 Å². The summed E-state index contributed by atoms with van der Waals surface area (Å²) in [5, 5.41) is 10.0. The molecule has 3 rings (SSSR count). The highest BCUT2D eigenvalue weighted by Crippen LogP contribution is 2.26. The second-order valence-corrected chi connectivity index (χ2v) is 7.06. The van der Waals surface area contributed by atoms with Crippen molar-refractivity contribution in [1.82, 2.24) is 20.4 Å². The molecule has 1 aliphatic rings. The predicted molar refractivity (Wildman–Crippen MR) is 108 cm³/mol. The smallest absolute Gasteiger partial charge is 0.272 e. The summed E-state index contributed by atoms with van der Waals surface area (Å²) >= 11 is 0. The minimum absolute atomic E-state index is 0.0271. The fraction of sp³-hybridized carbons (Fsp3) is 0.476. The third kappa shape index (κ3) is 4.70. The van der Waals surface area contributed by atoms with Gasteiger partial charge in [-0.1, -0.05) is 13.3 Å². The summed E-state index contributed by atoms with van der Waals surface area (Å²) in [4.78, 5) is 27.2. The maximum Gasteiger partial charge on any atom is 0.272 e. The first-order valence-electron chi connectivity index (χ1n) is 9.90. The van der Waals surface area contributed by atoms with Crippen LogP contribution in [0, 0.1) is 0 Å². The number of methoxy groups -OCH3 is 2. The standard InChI is InChI=1S/C21H28N4O4/c1-4-5-9-22-21(27)20-16-13-25(10-8-17(16)23-24-20)19(26)12-14-11-15(28-2)6-7-18(14)29-3/h6-7,11H,4-5,8-10,12-13H2,1-3H3,(H,22,27)(H,23,24). The average molecular weight is 400 g/mol. The molecule has 0 bridgehead atoms. The van der Waals surface area contributed by atoms with Gasteiger partial charge in [-0.2, -0.15) is 5.10 Å². The molecule has 2 amide bonds. The number of fused-ring (bicyclic) bond motifs is 1. The summed E-state index contributed by atoms with van der Waals surface area (Å²) in [6.45, 7) is 3.64. The van der Waals surface area contributed by atoms with Crippen LogP contribution >= 0.6 is 0 Å². The Morgan fingerprint density at radius 2 is 2.10 bits per heavy atom. The molecule has 8 heteroatoms. The molecule has 0 saturated heterocycles. The number of carbonyl (C=O) groups excluding carboxylic acids is 2. The van der Waals surface area contributed by atoms with Crippen molar-refractivity contribution >= 4 is 11.8 Å². The van der Waals surface area contributed by atoms with Crippen molar-refractivity contribution < 1.29 is 19.1 Å². The van der Waals surface area contributed by atoms with Crippen LogP contribution < -0.4 is 14.8 Å². The van der Waals surface area contributed by atoms with E-state index in [0.717, 1.165) is 29.7 Å². The van der Waals surface area contributed by atoms with E-state index in [0.29, 0.717) is 43.2 Å². The van der Waals surface area contributed by atoms with Gasteiger partial charge in [-0.15, -0.1) is 0 Å². The summed E-state index contributed by atoms with van der Waals surface area (Å²) in [6.07, 6.45) is 2.78. The van der Waals surface area contributed by atoms with E-state index in [9.17, 15) is 9.59 Å². The van der Waals surface area contributed by atoms with Gasteiger partial charge in [-0.3, -0.25) is 14.7 Å². The molecule has 0 radical (unpaired) electrons. The van der Waals surface area contributed by atoms with Crippen molar-refractivity contribution in [1.29, 1.82) is 0 Å². The van der Waals surface area contributed by atoms with E-state index in [4.69, 9.17) is 9.47 Å². The Hall–Kier alpha value is -3.03. The molecule has 0 saturated carbocycles. The predicted octanol–water partition coefficient (Wildman–Crippen LogP) is 2.08. The maximum atomic E-state index is 13.0. The van der Waals surface area contributed by atoms with Crippen LogP contribution in [0.2, 0.25) is 0 Å². The van der Waals surface area contributed by atoms with Crippen molar-refractivity contribution in [2.45, 2.75) is 39.2 Å². The Morgan fingerprint density at radius 1 is 1.28 bits per heavy atom. The fourth-order valence-corrected chi connectivity index (χ4v) is 3.45. The lowest BCUT2D eigenvalue weighted by atomic mass is 10.0. The number of benzene rings is 1. The highest BCUT2D eigenvalue weighted by atomic mass is 16.5. The SMILES string of the molecule is CCCCNC(=O)c1n[nH]c2c1CN(C(=O)Cc1cc(OC)ccc1OC)CC2. The molecule has 0 aliphatic carbocycles. The lowest BCUT2D eigenvalue weighted by Crippen LogP contribution is -2.37. The summed E-state index contributed by atoms with van der Waals surface area (Å²) in [7, 11) is 3.17. The van der Waals surface area contributed by atoms with Crippen molar-refractivity contribution in [3.63, 3.8) is 0 Å². The molecule has 8 nitrogen and oxygen atoms in total. The van der Waals surface area contributed by atoms with Gasteiger partial charge < -0.3 is 19.7 Å². The number of ether oxygens (including phenoxy) is 2. The summed E-state index contributed by atoms with van der Waals surface area (Å²) < 4.78 is 10.6. The van der Waals surface area contributed by atoms with Gasteiger partial charge >= 0.3 is 0 Å². The Bertz CT molecular complexity index is 878. The van der Waals surface area contributed by atoms with E-state index in [1.165, 1.54) is 0 Å². The number of aromatic nitrogens is 2. The number of unbranched alkanes of at least 4 members (excludes halogenated alkanes) is 1. The molecule has 1 aromatic carbocycles. The van der Waals surface area contributed by atoms with E-state index >= 15 is 0 Å². The molecule has 0 fully saturated rings. The van der Waals surface area contributed by atoms with E-state index in [-0.39, 0.29) is 18.2 Å². The molecular weight excluding hydrogens is 372 g/mol. The van der Waals surface area contributed by atoms with E-state index in [1.54, 1.807) is 31.3 Å². The van der Waals surface area contributed by atoms with Crippen LogP contribution in [0.4, 0.5) is 0 Å². The molecule has 2 aromatic rings. The third-order valence-corrected chi connectivity index (χ3v) is 5.15. The average Bonchev–Trinajstić information content (AvgIpc) is 3.17. The van der Waals surface area contributed by atoms with Crippen LogP contribution in [0.5, 0.6) is 11.5 Å². The minimum atomic E-state index is -0.195. The molecule has 2 N–H and O–H groups in total. The molecule has 0 spiro atoms. The summed E-state index contributed by atoms with van der Waals surface area (Å²) in [5.74, 6) is 1.10. The molecular formula is C21H28N4O4. The lowest BCUT2D eigenvalue weighted by molar-refractivity contribution is -0.131. The quantitative estimate of drug-likeness (QED) is 0.662. The monoisotopic (exact) mass is 400 g/mol. The Labute approximate surface area is 170 Å². The van der Waals surface area contributed by atoms with E-state index in [2.05, 4.69) is 22.4 Å². The van der Waals surface area contributed by atoms with Gasteiger partial charge in [-0.25, -0.2) is 0 Å². The summed E-state index contributed by atoms with van der Waals surface area (Å²) in [6, 6.07) is 5.41. The number of H-pyrrole nitrogens is 1. The molecule has 29 heavy (non-hydrogen) atoms. The van der Waals surface area contributed by atoms with Gasteiger partial charge in [0, 0.05) is 42.9 Å². The molecule has 2 heterocycles. The van der Waals surface area contributed by atoms with E-state index < -0.39 is 0 Å².